The molecule has 0 bridgehead atoms. The fraction of sp³-hybridized carbons (Fsp3) is 0.444. The van der Waals surface area contributed by atoms with Crippen LogP contribution < -0.4 is 10.1 Å². The predicted octanol–water partition coefficient (Wildman–Crippen LogP) is 3.69. The van der Waals surface area contributed by atoms with E-state index >= 15 is 0 Å². The summed E-state index contributed by atoms with van der Waals surface area (Å²) >= 11 is 1.69. The third-order valence-electron chi connectivity index (χ3n) is 3.52. The summed E-state index contributed by atoms with van der Waals surface area (Å²) in [5, 5.41) is 4.35. The Kier molecular flexibility index (Phi) is 7.77. The number of hydrogen-bond donors (Lipinski definition) is 1. The van der Waals surface area contributed by atoms with E-state index in [1.165, 1.54) is 4.88 Å². The normalized spacial score (nSPS) is 11.7. The molecule has 0 fully saturated rings. The van der Waals surface area contributed by atoms with E-state index in [1.807, 2.05) is 32.0 Å². The average Bonchev–Trinajstić information content (AvgIpc) is 3.00. The first-order chi connectivity index (χ1) is 12.5. The van der Waals surface area contributed by atoms with Crippen LogP contribution in [0, 0.1) is 6.92 Å². The Labute approximate surface area is 156 Å². The van der Waals surface area contributed by atoms with Gasteiger partial charge in [0.15, 0.2) is 5.96 Å². The summed E-state index contributed by atoms with van der Waals surface area (Å²) < 4.78 is 28.8. The van der Waals surface area contributed by atoms with Gasteiger partial charge >= 0.3 is 6.61 Å². The molecule has 1 heterocycles. The number of thiazole rings is 1. The van der Waals surface area contributed by atoms with Gasteiger partial charge in [-0.2, -0.15) is 8.78 Å². The van der Waals surface area contributed by atoms with Crippen LogP contribution in [-0.4, -0.2) is 42.6 Å². The summed E-state index contributed by atoms with van der Waals surface area (Å²) in [6.45, 7) is 3.28. The zero-order valence-corrected chi connectivity index (χ0v) is 16.0. The molecule has 142 valence electrons. The number of aryl methyl sites for hydroxylation is 1. The maximum Gasteiger partial charge on any atom is 0.387 e. The van der Waals surface area contributed by atoms with Crippen LogP contribution in [0.3, 0.4) is 0 Å². The Balaban J connectivity index is 1.93. The summed E-state index contributed by atoms with van der Waals surface area (Å²) in [5.41, 5.74) is 0.982. The van der Waals surface area contributed by atoms with Crippen LogP contribution in [0.15, 0.2) is 35.5 Å². The first-order valence-corrected chi connectivity index (χ1v) is 9.24. The van der Waals surface area contributed by atoms with E-state index in [0.29, 0.717) is 13.1 Å². The molecule has 2 aromatic rings. The fourth-order valence-corrected chi connectivity index (χ4v) is 3.15. The highest BCUT2D eigenvalue weighted by Gasteiger charge is 2.08. The minimum Gasteiger partial charge on any atom is -0.435 e. The number of alkyl halides is 2. The van der Waals surface area contributed by atoms with Crippen LogP contribution in [-0.2, 0) is 13.0 Å². The first-order valence-electron chi connectivity index (χ1n) is 8.42. The lowest BCUT2D eigenvalue weighted by Crippen LogP contribution is -2.38. The van der Waals surface area contributed by atoms with Gasteiger partial charge < -0.3 is 15.0 Å². The Morgan fingerprint density at radius 1 is 1.35 bits per heavy atom. The number of ether oxygens (including phenoxy) is 1. The minimum atomic E-state index is -2.81. The van der Waals surface area contributed by atoms with Crippen molar-refractivity contribution >= 4 is 17.3 Å². The second-order valence-electron chi connectivity index (χ2n) is 5.73. The van der Waals surface area contributed by atoms with E-state index in [-0.39, 0.29) is 5.75 Å². The van der Waals surface area contributed by atoms with Gasteiger partial charge in [-0.3, -0.25) is 4.99 Å². The van der Waals surface area contributed by atoms with Gasteiger partial charge in [0, 0.05) is 44.2 Å². The van der Waals surface area contributed by atoms with Crippen molar-refractivity contribution in [1.82, 2.24) is 15.2 Å². The van der Waals surface area contributed by atoms with Crippen molar-refractivity contribution in [3.63, 3.8) is 0 Å². The monoisotopic (exact) mass is 382 g/mol. The molecular weight excluding hydrogens is 358 g/mol. The van der Waals surface area contributed by atoms with Gasteiger partial charge in [0.05, 0.1) is 5.01 Å². The molecule has 0 aliphatic rings. The molecule has 26 heavy (non-hydrogen) atoms. The Morgan fingerprint density at radius 2 is 2.08 bits per heavy atom. The van der Waals surface area contributed by atoms with Crippen LogP contribution >= 0.6 is 11.3 Å². The van der Waals surface area contributed by atoms with Gasteiger partial charge in [-0.15, -0.1) is 11.3 Å². The molecule has 0 spiro atoms. The average molecular weight is 382 g/mol. The van der Waals surface area contributed by atoms with Gasteiger partial charge in [-0.25, -0.2) is 4.98 Å². The van der Waals surface area contributed by atoms with Crippen LogP contribution in [0.5, 0.6) is 5.75 Å². The van der Waals surface area contributed by atoms with Crippen LogP contribution in [0.4, 0.5) is 8.78 Å². The van der Waals surface area contributed by atoms with Crippen LogP contribution in [0.2, 0.25) is 0 Å². The Bertz CT molecular complexity index is 703. The maximum atomic E-state index is 12.2. The number of hydrogen-bond acceptors (Lipinski definition) is 4. The largest absolute Gasteiger partial charge is 0.435 e. The quantitative estimate of drug-likeness (QED) is 0.559. The predicted molar refractivity (Wildman–Crippen MR) is 101 cm³/mol. The third kappa shape index (κ3) is 6.59. The lowest BCUT2D eigenvalue weighted by molar-refractivity contribution is -0.0498. The molecule has 1 aromatic heterocycles. The molecule has 0 saturated carbocycles. The zero-order valence-electron chi connectivity index (χ0n) is 15.2. The van der Waals surface area contributed by atoms with Crippen LogP contribution in [0.25, 0.3) is 0 Å². The molecule has 0 radical (unpaired) electrons. The van der Waals surface area contributed by atoms with Crippen molar-refractivity contribution in [1.29, 1.82) is 0 Å². The minimum absolute atomic E-state index is 0.158. The number of aliphatic imine (C=N–C) groups is 1. The van der Waals surface area contributed by atoms with Crippen molar-refractivity contribution < 1.29 is 13.5 Å². The second kappa shape index (κ2) is 10.1. The Morgan fingerprint density at radius 3 is 2.65 bits per heavy atom. The highest BCUT2D eigenvalue weighted by molar-refractivity contribution is 7.11. The number of aromatic nitrogens is 1. The number of nitrogens with zero attached hydrogens (tertiary/aromatic N) is 3. The van der Waals surface area contributed by atoms with Gasteiger partial charge in [-0.1, -0.05) is 12.1 Å². The van der Waals surface area contributed by atoms with Crippen molar-refractivity contribution in [2.75, 3.05) is 20.1 Å². The molecule has 1 aromatic carbocycles. The SMILES string of the molecule is CCNC(=NCCc1ncc(C)s1)N(C)Cc1ccc(OC(F)F)cc1. The van der Waals surface area contributed by atoms with E-state index in [4.69, 9.17) is 0 Å². The van der Waals surface area contributed by atoms with Crippen molar-refractivity contribution in [3.05, 3.63) is 45.9 Å². The molecule has 5 nitrogen and oxygen atoms in total. The van der Waals surface area contributed by atoms with Crippen molar-refractivity contribution in [2.45, 2.75) is 33.4 Å². The maximum absolute atomic E-state index is 12.2. The third-order valence-corrected chi connectivity index (χ3v) is 4.49. The lowest BCUT2D eigenvalue weighted by Gasteiger charge is -2.22. The summed E-state index contributed by atoms with van der Waals surface area (Å²) in [6, 6.07) is 6.64. The molecule has 1 N–H and O–H groups in total. The van der Waals surface area contributed by atoms with Crippen LogP contribution in [0.1, 0.15) is 22.4 Å². The molecule has 8 heteroatoms. The highest BCUT2D eigenvalue weighted by atomic mass is 32.1. The standard InChI is InChI=1S/C18H24F2N4OS/c1-4-21-18(22-10-9-16-23-11-13(2)26-16)24(3)12-14-5-7-15(8-6-14)25-17(19)20/h5-8,11,17H,4,9-10,12H2,1-3H3,(H,21,22). The summed E-state index contributed by atoms with van der Waals surface area (Å²) in [6.07, 6.45) is 2.68. The Hall–Kier alpha value is -2.22. The number of halogens is 2. The van der Waals surface area contributed by atoms with Gasteiger partial charge in [0.1, 0.15) is 5.75 Å². The van der Waals surface area contributed by atoms with E-state index in [1.54, 1.807) is 35.6 Å². The molecule has 0 aliphatic heterocycles. The van der Waals surface area contributed by atoms with Gasteiger partial charge in [-0.05, 0) is 31.5 Å². The summed E-state index contributed by atoms with van der Waals surface area (Å²) in [4.78, 5) is 12.2. The molecule has 0 atom stereocenters. The molecule has 0 saturated heterocycles. The number of rotatable bonds is 8. The molecule has 0 amide bonds. The smallest absolute Gasteiger partial charge is 0.387 e. The molecular formula is C18H24F2N4OS. The zero-order chi connectivity index (χ0) is 18.9. The van der Waals surface area contributed by atoms with E-state index in [2.05, 4.69) is 20.0 Å². The van der Waals surface area contributed by atoms with Crippen molar-refractivity contribution in [2.24, 2.45) is 4.99 Å². The summed E-state index contributed by atoms with van der Waals surface area (Å²) in [5.74, 6) is 0.958. The van der Waals surface area contributed by atoms with E-state index in [0.717, 1.165) is 29.5 Å². The number of benzene rings is 1. The van der Waals surface area contributed by atoms with Gasteiger partial charge in [0.25, 0.3) is 0 Å². The summed E-state index contributed by atoms with van der Waals surface area (Å²) in [7, 11) is 1.94. The first kappa shape index (κ1) is 20.1. The molecule has 0 aliphatic carbocycles. The lowest BCUT2D eigenvalue weighted by atomic mass is 10.2. The number of nitrogens with one attached hydrogen (secondary N) is 1. The molecule has 0 unspecified atom stereocenters. The second-order valence-corrected chi connectivity index (χ2v) is 7.05. The van der Waals surface area contributed by atoms with E-state index in [9.17, 15) is 8.78 Å². The number of guanidine groups is 1. The topological polar surface area (TPSA) is 49.8 Å². The van der Waals surface area contributed by atoms with Gasteiger partial charge in [0.2, 0.25) is 0 Å². The fourth-order valence-electron chi connectivity index (χ4n) is 2.37. The highest BCUT2D eigenvalue weighted by Crippen LogP contribution is 2.16. The van der Waals surface area contributed by atoms with Crippen molar-refractivity contribution in [3.8, 4) is 5.75 Å². The van der Waals surface area contributed by atoms with E-state index < -0.39 is 6.61 Å². The molecule has 2 rings (SSSR count).